The summed E-state index contributed by atoms with van der Waals surface area (Å²) in [6.07, 6.45) is 0. The molecule has 10 heteroatoms. The van der Waals surface area contributed by atoms with Crippen molar-refractivity contribution in [2.24, 2.45) is 0 Å². The largest absolute Gasteiger partial charge is 0.347 e. The molecule has 0 aliphatic carbocycles. The highest BCUT2D eigenvalue weighted by molar-refractivity contribution is 5.93. The highest BCUT2D eigenvalue weighted by Gasteiger charge is 2.13. The maximum Gasteiger partial charge on any atom is 0.269 e. The van der Waals surface area contributed by atoms with Crippen molar-refractivity contribution in [1.82, 2.24) is 15.5 Å². The van der Waals surface area contributed by atoms with Gasteiger partial charge in [-0.1, -0.05) is 12.1 Å². The molecule has 0 fully saturated rings. The fourth-order valence-corrected chi connectivity index (χ4v) is 2.40. The van der Waals surface area contributed by atoms with E-state index < -0.39 is 15.8 Å². The lowest BCUT2D eigenvalue weighted by Gasteiger charge is -2.03. The van der Waals surface area contributed by atoms with E-state index >= 15 is 0 Å². The minimum absolute atomic E-state index is 0.0378. The summed E-state index contributed by atoms with van der Waals surface area (Å²) in [5, 5.41) is 30.7. The first-order chi connectivity index (χ1) is 12.9. The van der Waals surface area contributed by atoms with E-state index in [0.717, 1.165) is 0 Å². The number of non-ortho nitro benzene ring substituents is 2. The number of aromatic amines is 1. The van der Waals surface area contributed by atoms with Gasteiger partial charge in [-0.25, -0.2) is 0 Å². The molecule has 0 aliphatic rings. The van der Waals surface area contributed by atoms with Gasteiger partial charge in [0.25, 0.3) is 17.3 Å². The number of nitrogens with one attached hydrogen (secondary N) is 2. The Morgan fingerprint density at radius 3 is 2.37 bits per heavy atom. The van der Waals surface area contributed by atoms with E-state index in [1.54, 1.807) is 24.3 Å². The average Bonchev–Trinajstić information content (AvgIpc) is 3.16. The lowest BCUT2D eigenvalue weighted by atomic mass is 10.1. The van der Waals surface area contributed by atoms with Crippen LogP contribution in [0.25, 0.3) is 11.3 Å². The fraction of sp³-hybridized carbons (Fsp3) is 0.0588. The minimum Gasteiger partial charge on any atom is -0.347 e. The molecule has 0 aliphatic heterocycles. The molecule has 0 radical (unpaired) electrons. The number of hydrogen-bond donors (Lipinski definition) is 2. The molecule has 3 rings (SSSR count). The van der Waals surface area contributed by atoms with Crippen LogP contribution in [0.4, 0.5) is 11.4 Å². The number of nitrogens with zero attached hydrogens (tertiary/aromatic N) is 3. The summed E-state index contributed by atoms with van der Waals surface area (Å²) in [5.74, 6) is -0.429. The number of rotatable bonds is 6. The highest BCUT2D eigenvalue weighted by Crippen LogP contribution is 2.21. The number of carbonyl (C=O) groups excluding carboxylic acids is 1. The van der Waals surface area contributed by atoms with Crippen molar-refractivity contribution in [1.29, 1.82) is 0 Å². The van der Waals surface area contributed by atoms with Crippen LogP contribution in [0.2, 0.25) is 0 Å². The summed E-state index contributed by atoms with van der Waals surface area (Å²) in [4.78, 5) is 32.7. The number of H-pyrrole nitrogens is 1. The van der Waals surface area contributed by atoms with Gasteiger partial charge in [-0.15, -0.1) is 0 Å². The number of hydrogen-bond acceptors (Lipinski definition) is 6. The van der Waals surface area contributed by atoms with Gasteiger partial charge in [-0.05, 0) is 23.8 Å². The van der Waals surface area contributed by atoms with E-state index in [-0.39, 0.29) is 23.6 Å². The third-order valence-electron chi connectivity index (χ3n) is 3.77. The number of amides is 1. The summed E-state index contributed by atoms with van der Waals surface area (Å²) in [6, 6.07) is 13.3. The number of benzene rings is 2. The highest BCUT2D eigenvalue weighted by atomic mass is 16.6. The van der Waals surface area contributed by atoms with E-state index in [1.165, 1.54) is 30.3 Å². The number of nitro groups is 2. The Kier molecular flexibility index (Phi) is 4.88. The monoisotopic (exact) mass is 367 g/mol. The average molecular weight is 367 g/mol. The van der Waals surface area contributed by atoms with Gasteiger partial charge in [0, 0.05) is 36.4 Å². The zero-order chi connectivity index (χ0) is 19.4. The summed E-state index contributed by atoms with van der Waals surface area (Å²) in [7, 11) is 0. The van der Waals surface area contributed by atoms with Gasteiger partial charge < -0.3 is 5.32 Å². The molecule has 1 heterocycles. The SMILES string of the molecule is O=C(NCc1cccc([N+](=O)[O-])c1)c1cc(-c2ccc([N+](=O)[O-])cc2)n[nH]1. The lowest BCUT2D eigenvalue weighted by molar-refractivity contribution is -0.385. The molecule has 0 saturated carbocycles. The van der Waals surface area contributed by atoms with Gasteiger partial charge in [0.1, 0.15) is 5.69 Å². The van der Waals surface area contributed by atoms with E-state index in [1.807, 2.05) is 0 Å². The summed E-state index contributed by atoms with van der Waals surface area (Å²) in [6.45, 7) is 0.117. The molecule has 0 unspecified atom stereocenters. The van der Waals surface area contributed by atoms with Crippen LogP contribution in [0.15, 0.2) is 54.6 Å². The molecule has 27 heavy (non-hydrogen) atoms. The Morgan fingerprint density at radius 1 is 1.00 bits per heavy atom. The van der Waals surface area contributed by atoms with Gasteiger partial charge in [0.05, 0.1) is 15.5 Å². The Hall–Kier alpha value is -4.08. The second-order valence-electron chi connectivity index (χ2n) is 5.58. The Labute approximate surface area is 152 Å². The van der Waals surface area contributed by atoms with Crippen molar-refractivity contribution in [3.05, 3.63) is 86.1 Å². The number of nitro benzene ring substituents is 2. The number of carbonyl (C=O) groups is 1. The van der Waals surface area contributed by atoms with Gasteiger partial charge in [-0.2, -0.15) is 5.10 Å². The molecular formula is C17H13N5O5. The third-order valence-corrected chi connectivity index (χ3v) is 3.77. The zero-order valence-corrected chi connectivity index (χ0v) is 13.8. The van der Waals surface area contributed by atoms with Crippen LogP contribution in [0, 0.1) is 20.2 Å². The predicted octanol–water partition coefficient (Wildman–Crippen LogP) is 2.82. The quantitative estimate of drug-likeness (QED) is 0.506. The molecule has 1 aromatic heterocycles. The Balaban J connectivity index is 1.67. The van der Waals surface area contributed by atoms with E-state index in [2.05, 4.69) is 15.5 Å². The molecule has 0 atom stereocenters. The Bertz CT molecular complexity index is 1010. The first kappa shape index (κ1) is 17.7. The van der Waals surface area contributed by atoms with Crippen molar-refractivity contribution in [3.63, 3.8) is 0 Å². The smallest absolute Gasteiger partial charge is 0.269 e. The van der Waals surface area contributed by atoms with Crippen molar-refractivity contribution in [3.8, 4) is 11.3 Å². The first-order valence-corrected chi connectivity index (χ1v) is 7.76. The molecule has 2 aromatic carbocycles. The van der Waals surface area contributed by atoms with E-state index in [4.69, 9.17) is 0 Å². The molecule has 2 N–H and O–H groups in total. The minimum atomic E-state index is -0.503. The van der Waals surface area contributed by atoms with Gasteiger partial charge in [0.2, 0.25) is 0 Å². The van der Waals surface area contributed by atoms with Crippen molar-refractivity contribution in [2.45, 2.75) is 6.54 Å². The summed E-state index contributed by atoms with van der Waals surface area (Å²) in [5.41, 5.74) is 1.79. The van der Waals surface area contributed by atoms with Crippen LogP contribution in [-0.2, 0) is 6.54 Å². The van der Waals surface area contributed by atoms with Crippen LogP contribution < -0.4 is 5.32 Å². The van der Waals surface area contributed by atoms with Crippen LogP contribution >= 0.6 is 0 Å². The van der Waals surface area contributed by atoms with Crippen molar-refractivity contribution < 1.29 is 14.6 Å². The van der Waals surface area contributed by atoms with Crippen LogP contribution in [0.3, 0.4) is 0 Å². The van der Waals surface area contributed by atoms with E-state index in [0.29, 0.717) is 16.8 Å². The molecule has 0 saturated heterocycles. The fourth-order valence-electron chi connectivity index (χ4n) is 2.40. The molecule has 0 spiro atoms. The van der Waals surface area contributed by atoms with E-state index in [9.17, 15) is 25.0 Å². The lowest BCUT2D eigenvalue weighted by Crippen LogP contribution is -2.23. The second-order valence-corrected chi connectivity index (χ2v) is 5.58. The maximum absolute atomic E-state index is 12.2. The molecule has 10 nitrogen and oxygen atoms in total. The number of aromatic nitrogens is 2. The third kappa shape index (κ3) is 4.12. The molecule has 0 bridgehead atoms. The van der Waals surface area contributed by atoms with Gasteiger partial charge >= 0.3 is 0 Å². The topological polar surface area (TPSA) is 144 Å². The zero-order valence-electron chi connectivity index (χ0n) is 13.8. The predicted molar refractivity (Wildman–Crippen MR) is 94.9 cm³/mol. The maximum atomic E-state index is 12.2. The van der Waals surface area contributed by atoms with Crippen LogP contribution in [0.5, 0.6) is 0 Å². The molecule has 136 valence electrons. The van der Waals surface area contributed by atoms with Gasteiger partial charge in [0.15, 0.2) is 0 Å². The van der Waals surface area contributed by atoms with Gasteiger partial charge in [-0.3, -0.25) is 30.1 Å². The van der Waals surface area contributed by atoms with Crippen LogP contribution in [0.1, 0.15) is 16.1 Å². The van der Waals surface area contributed by atoms with Crippen LogP contribution in [-0.4, -0.2) is 26.0 Å². The Morgan fingerprint density at radius 2 is 1.70 bits per heavy atom. The standard InChI is InChI=1S/C17H13N5O5/c23-17(18-10-11-2-1-3-14(8-11)22(26)27)16-9-15(19-20-16)12-4-6-13(7-5-12)21(24)25/h1-9H,10H2,(H,18,23)(H,19,20). The summed E-state index contributed by atoms with van der Waals surface area (Å²) < 4.78 is 0. The molecule has 3 aromatic rings. The van der Waals surface area contributed by atoms with Crippen molar-refractivity contribution in [2.75, 3.05) is 0 Å². The normalized spacial score (nSPS) is 10.4. The van der Waals surface area contributed by atoms with Crippen molar-refractivity contribution >= 4 is 17.3 Å². The second kappa shape index (κ2) is 7.44. The molecule has 1 amide bonds. The summed E-state index contributed by atoms with van der Waals surface area (Å²) >= 11 is 0. The first-order valence-electron chi connectivity index (χ1n) is 7.76. The molecular weight excluding hydrogens is 354 g/mol.